The van der Waals surface area contributed by atoms with Gasteiger partial charge in [0.25, 0.3) is 10.0 Å². The van der Waals surface area contributed by atoms with Crippen molar-refractivity contribution in [1.82, 2.24) is 4.98 Å². The van der Waals surface area contributed by atoms with Crippen LogP contribution in [-0.2, 0) is 19.6 Å². The Bertz CT molecular complexity index is 1030. The van der Waals surface area contributed by atoms with E-state index in [2.05, 4.69) is 9.71 Å². The predicted molar refractivity (Wildman–Crippen MR) is 110 cm³/mol. The molecule has 2 aromatic rings. The van der Waals surface area contributed by atoms with Gasteiger partial charge in [-0.3, -0.25) is 9.52 Å². The number of carbonyl (C=O) groups is 2. The van der Waals surface area contributed by atoms with Crippen LogP contribution in [0.15, 0.2) is 47.5 Å². The highest BCUT2D eigenvalue weighted by atomic mass is 32.2. The zero-order valence-electron chi connectivity index (χ0n) is 16.4. The van der Waals surface area contributed by atoms with E-state index < -0.39 is 16.0 Å². The molecule has 0 bridgehead atoms. The Labute approximate surface area is 174 Å². The van der Waals surface area contributed by atoms with Crippen LogP contribution < -0.4 is 9.62 Å². The third-order valence-electron chi connectivity index (χ3n) is 4.74. The molecule has 10 heteroatoms. The Morgan fingerprint density at radius 2 is 2.03 bits per heavy atom. The summed E-state index contributed by atoms with van der Waals surface area (Å²) in [5.74, 6) is -1.72. The Balaban J connectivity index is 1.85. The molecule has 0 radical (unpaired) electrons. The maximum Gasteiger partial charge on any atom is 0.339 e. The summed E-state index contributed by atoms with van der Waals surface area (Å²) in [7, 11) is -3.88. The lowest BCUT2D eigenvalue weighted by molar-refractivity contribution is -0.148. The molecule has 1 aromatic carbocycles. The van der Waals surface area contributed by atoms with Crippen molar-refractivity contribution in [3.8, 4) is 0 Å². The van der Waals surface area contributed by atoms with Gasteiger partial charge >= 0.3 is 11.9 Å². The second kappa shape index (κ2) is 9.12. The van der Waals surface area contributed by atoms with Gasteiger partial charge in [-0.2, -0.15) is 0 Å². The lowest BCUT2D eigenvalue weighted by Crippen LogP contribution is -2.40. The molecule has 1 aliphatic heterocycles. The van der Waals surface area contributed by atoms with E-state index >= 15 is 0 Å². The molecule has 30 heavy (non-hydrogen) atoms. The van der Waals surface area contributed by atoms with Crippen LogP contribution in [0, 0.1) is 5.92 Å². The first-order chi connectivity index (χ1) is 14.3. The number of pyridine rings is 1. The number of rotatable bonds is 7. The maximum absolute atomic E-state index is 12.5. The molecule has 2 N–H and O–H groups in total. The molecule has 1 atom stereocenters. The van der Waals surface area contributed by atoms with Crippen molar-refractivity contribution < 1.29 is 27.9 Å². The molecule has 0 spiro atoms. The third-order valence-corrected chi connectivity index (χ3v) is 6.14. The van der Waals surface area contributed by atoms with Crippen LogP contribution in [0.1, 0.15) is 30.1 Å². The standard InChI is InChI=1S/C20H23N3O6S/c1-2-29-20(26)14-7-6-10-23(13-14)18-17(19(24)25)11-15(12-21-18)22-30(27,28)16-8-4-3-5-9-16/h3-5,8-9,11-12,14,22H,2,6-7,10,13H2,1H3,(H,24,25)/t14-/m1/s1. The highest BCUT2D eigenvalue weighted by Crippen LogP contribution is 2.28. The first kappa shape index (κ1) is 21.6. The molecule has 1 aromatic heterocycles. The summed E-state index contributed by atoms with van der Waals surface area (Å²) in [6.07, 6.45) is 2.62. The van der Waals surface area contributed by atoms with Crippen LogP contribution in [0.5, 0.6) is 0 Å². The smallest absolute Gasteiger partial charge is 0.339 e. The zero-order valence-corrected chi connectivity index (χ0v) is 17.3. The second-order valence-electron chi connectivity index (χ2n) is 6.86. The Morgan fingerprint density at radius 1 is 1.30 bits per heavy atom. The van der Waals surface area contributed by atoms with Crippen molar-refractivity contribution in [1.29, 1.82) is 0 Å². The van der Waals surface area contributed by atoms with Crippen LogP contribution in [0.4, 0.5) is 11.5 Å². The van der Waals surface area contributed by atoms with E-state index in [1.165, 1.54) is 24.4 Å². The number of nitrogens with one attached hydrogen (secondary N) is 1. The zero-order chi connectivity index (χ0) is 21.7. The van der Waals surface area contributed by atoms with Gasteiger partial charge in [0.2, 0.25) is 0 Å². The predicted octanol–water partition coefficient (Wildman–Crippen LogP) is 2.36. The van der Waals surface area contributed by atoms with E-state index in [1.807, 2.05) is 0 Å². The number of esters is 1. The van der Waals surface area contributed by atoms with Crippen molar-refractivity contribution in [3.63, 3.8) is 0 Å². The van der Waals surface area contributed by atoms with Crippen molar-refractivity contribution >= 4 is 33.5 Å². The fourth-order valence-electron chi connectivity index (χ4n) is 3.36. The van der Waals surface area contributed by atoms with Gasteiger partial charge in [-0.05, 0) is 38.0 Å². The van der Waals surface area contributed by atoms with E-state index in [0.717, 1.165) is 0 Å². The van der Waals surface area contributed by atoms with Gasteiger partial charge in [0.1, 0.15) is 11.4 Å². The Morgan fingerprint density at radius 3 is 2.70 bits per heavy atom. The van der Waals surface area contributed by atoms with Crippen molar-refractivity contribution in [2.24, 2.45) is 5.92 Å². The van der Waals surface area contributed by atoms with Gasteiger partial charge in [0.05, 0.1) is 29.3 Å². The van der Waals surface area contributed by atoms with Crippen molar-refractivity contribution in [2.75, 3.05) is 29.3 Å². The maximum atomic E-state index is 12.5. The first-order valence-corrected chi connectivity index (χ1v) is 11.0. The van der Waals surface area contributed by atoms with Gasteiger partial charge in [-0.25, -0.2) is 18.2 Å². The van der Waals surface area contributed by atoms with Crippen molar-refractivity contribution in [3.05, 3.63) is 48.2 Å². The molecule has 1 aliphatic rings. The van der Waals surface area contributed by atoms with E-state index in [-0.39, 0.29) is 40.5 Å². The molecule has 1 saturated heterocycles. The fraction of sp³-hybridized carbons (Fsp3) is 0.350. The van der Waals surface area contributed by atoms with Gasteiger partial charge in [-0.1, -0.05) is 18.2 Å². The summed E-state index contributed by atoms with van der Waals surface area (Å²) in [6.45, 7) is 2.85. The molecule has 9 nitrogen and oxygen atoms in total. The van der Waals surface area contributed by atoms with Crippen LogP contribution in [-0.4, -0.2) is 50.1 Å². The average molecular weight is 433 g/mol. The minimum Gasteiger partial charge on any atom is -0.478 e. The number of carboxylic acid groups (broad SMARTS) is 1. The lowest BCUT2D eigenvalue weighted by atomic mass is 9.98. The summed E-state index contributed by atoms with van der Waals surface area (Å²) in [5.41, 5.74) is -0.105. The van der Waals surface area contributed by atoms with Crippen LogP contribution in [0.3, 0.4) is 0 Å². The number of sulfonamides is 1. The summed E-state index contributed by atoms with van der Waals surface area (Å²) in [6, 6.07) is 8.99. The third kappa shape index (κ3) is 4.88. The topological polar surface area (TPSA) is 126 Å². The van der Waals surface area contributed by atoms with Gasteiger partial charge in [0.15, 0.2) is 0 Å². The van der Waals surface area contributed by atoms with E-state index in [4.69, 9.17) is 4.74 Å². The number of piperidine rings is 1. The number of hydrogen-bond acceptors (Lipinski definition) is 7. The molecule has 0 aliphatic carbocycles. The van der Waals surface area contributed by atoms with Crippen LogP contribution in [0.2, 0.25) is 0 Å². The average Bonchev–Trinajstić information content (AvgIpc) is 2.74. The lowest BCUT2D eigenvalue weighted by Gasteiger charge is -2.33. The summed E-state index contributed by atoms with van der Waals surface area (Å²) in [4.78, 5) is 29.9. The molecular weight excluding hydrogens is 410 g/mol. The Kier molecular flexibility index (Phi) is 6.56. The Hall–Kier alpha value is -3.14. The molecule has 0 amide bonds. The highest BCUT2D eigenvalue weighted by Gasteiger charge is 2.30. The molecule has 0 saturated carbocycles. The second-order valence-corrected chi connectivity index (χ2v) is 8.54. The number of anilines is 2. The minimum absolute atomic E-state index is 0.0407. The van der Waals surface area contributed by atoms with Crippen LogP contribution in [0.25, 0.3) is 0 Å². The number of ether oxygens (including phenoxy) is 1. The quantitative estimate of drug-likeness (QED) is 0.638. The highest BCUT2D eigenvalue weighted by molar-refractivity contribution is 7.92. The van der Waals surface area contributed by atoms with E-state index in [1.54, 1.807) is 30.0 Å². The van der Waals surface area contributed by atoms with Gasteiger partial charge < -0.3 is 14.7 Å². The van der Waals surface area contributed by atoms with Crippen molar-refractivity contribution in [2.45, 2.75) is 24.7 Å². The van der Waals surface area contributed by atoms with Gasteiger partial charge in [0, 0.05) is 13.1 Å². The molecule has 1 fully saturated rings. The molecule has 0 unspecified atom stereocenters. The minimum atomic E-state index is -3.88. The number of hydrogen-bond donors (Lipinski definition) is 2. The molecule has 160 valence electrons. The SMILES string of the molecule is CCOC(=O)[C@@H]1CCCN(c2ncc(NS(=O)(=O)c3ccccc3)cc2C(=O)O)C1. The number of nitrogens with zero attached hydrogens (tertiary/aromatic N) is 2. The molecule has 2 heterocycles. The first-order valence-electron chi connectivity index (χ1n) is 9.54. The monoisotopic (exact) mass is 433 g/mol. The fourth-order valence-corrected chi connectivity index (χ4v) is 4.41. The van der Waals surface area contributed by atoms with E-state index in [9.17, 15) is 23.1 Å². The summed E-state index contributed by atoms with van der Waals surface area (Å²) in [5, 5.41) is 9.66. The summed E-state index contributed by atoms with van der Waals surface area (Å²) >= 11 is 0. The van der Waals surface area contributed by atoms with Gasteiger partial charge in [-0.15, -0.1) is 0 Å². The largest absolute Gasteiger partial charge is 0.478 e. The number of carboxylic acids is 1. The number of benzene rings is 1. The molecule has 3 rings (SSSR count). The number of aromatic carboxylic acids is 1. The number of carbonyl (C=O) groups excluding carboxylic acids is 1. The van der Waals surface area contributed by atoms with E-state index in [0.29, 0.717) is 25.9 Å². The number of aromatic nitrogens is 1. The van der Waals surface area contributed by atoms with Crippen LogP contribution >= 0.6 is 0 Å². The normalized spacial score (nSPS) is 16.7. The molecular formula is C20H23N3O6S. The summed E-state index contributed by atoms with van der Waals surface area (Å²) < 4.78 is 32.4.